The first kappa shape index (κ1) is 21.4. The number of aryl methyl sites for hydroxylation is 1. The lowest BCUT2D eigenvalue weighted by molar-refractivity contribution is -0.118. The van der Waals surface area contributed by atoms with E-state index in [-0.39, 0.29) is 11.7 Å². The zero-order valence-corrected chi connectivity index (χ0v) is 18.1. The van der Waals surface area contributed by atoms with Crippen LogP contribution in [0.3, 0.4) is 0 Å². The number of aromatic nitrogens is 1. The number of methoxy groups -OCH3 is 3. The molecular formula is C22H23N3O4S. The number of hydrogen-bond donors (Lipinski definition) is 1. The average Bonchev–Trinajstić information content (AvgIpc) is 2.76. The first-order valence-electron chi connectivity index (χ1n) is 9.16. The zero-order chi connectivity index (χ0) is 21.5. The molecule has 156 valence electrons. The van der Waals surface area contributed by atoms with E-state index in [1.807, 2.05) is 31.2 Å². The Morgan fingerprint density at radius 3 is 2.63 bits per heavy atom. The Kier molecular flexibility index (Phi) is 7.13. The maximum Gasteiger partial charge on any atom is 0.250 e. The SMILES string of the molecule is COc1ccc(OC)c(C=NNC(=O)CSc2cc(C)nc3c(OC)cccc23)c1. The van der Waals surface area contributed by atoms with Gasteiger partial charge in [-0.2, -0.15) is 5.10 Å². The van der Waals surface area contributed by atoms with Gasteiger partial charge in [0, 0.05) is 21.5 Å². The molecule has 0 aliphatic heterocycles. The Hall–Kier alpha value is -3.26. The molecule has 0 radical (unpaired) electrons. The highest BCUT2D eigenvalue weighted by atomic mass is 32.2. The zero-order valence-electron chi connectivity index (χ0n) is 17.3. The van der Waals surface area contributed by atoms with Crippen LogP contribution in [0.15, 0.2) is 52.5 Å². The summed E-state index contributed by atoms with van der Waals surface area (Å²) in [6.45, 7) is 1.92. The van der Waals surface area contributed by atoms with E-state index in [1.54, 1.807) is 39.5 Å². The minimum absolute atomic E-state index is 0.211. The third-order valence-corrected chi connectivity index (χ3v) is 5.36. The second-order valence-corrected chi connectivity index (χ2v) is 7.33. The standard InChI is InChI=1S/C22H23N3O4S/c1-14-10-20(17-6-5-7-19(29-4)22(17)24-14)30-13-21(26)25-23-12-15-11-16(27-2)8-9-18(15)28-3/h5-12H,13H2,1-4H3,(H,25,26). The number of carbonyl (C=O) groups is 1. The molecule has 0 unspecified atom stereocenters. The molecule has 3 aromatic rings. The molecule has 0 aliphatic carbocycles. The lowest BCUT2D eigenvalue weighted by Crippen LogP contribution is -2.19. The number of amides is 1. The van der Waals surface area contributed by atoms with Gasteiger partial charge in [-0.05, 0) is 37.3 Å². The number of hydrazone groups is 1. The number of fused-ring (bicyclic) bond motifs is 1. The molecule has 0 saturated carbocycles. The number of carbonyl (C=O) groups excluding carboxylic acids is 1. The monoisotopic (exact) mass is 425 g/mol. The van der Waals surface area contributed by atoms with Crippen molar-refractivity contribution in [2.75, 3.05) is 27.1 Å². The van der Waals surface area contributed by atoms with Crippen LogP contribution in [-0.2, 0) is 4.79 Å². The molecule has 1 aromatic heterocycles. The number of benzene rings is 2. The van der Waals surface area contributed by atoms with Crippen molar-refractivity contribution in [2.45, 2.75) is 11.8 Å². The topological polar surface area (TPSA) is 82.0 Å². The van der Waals surface area contributed by atoms with Gasteiger partial charge in [0.15, 0.2) is 0 Å². The highest BCUT2D eigenvalue weighted by Crippen LogP contribution is 2.32. The highest BCUT2D eigenvalue weighted by molar-refractivity contribution is 8.00. The summed E-state index contributed by atoms with van der Waals surface area (Å²) in [6.07, 6.45) is 1.53. The van der Waals surface area contributed by atoms with Crippen molar-refractivity contribution >= 4 is 34.8 Å². The molecule has 7 nitrogen and oxygen atoms in total. The van der Waals surface area contributed by atoms with E-state index in [0.717, 1.165) is 21.5 Å². The van der Waals surface area contributed by atoms with Crippen molar-refractivity contribution in [2.24, 2.45) is 5.10 Å². The minimum Gasteiger partial charge on any atom is -0.497 e. The Labute approximate surface area is 179 Å². The molecule has 0 fully saturated rings. The molecular weight excluding hydrogens is 402 g/mol. The number of nitrogens with zero attached hydrogens (tertiary/aromatic N) is 2. The summed E-state index contributed by atoms with van der Waals surface area (Å²) >= 11 is 1.43. The van der Waals surface area contributed by atoms with Crippen LogP contribution >= 0.6 is 11.8 Å². The summed E-state index contributed by atoms with van der Waals surface area (Å²) in [5, 5.41) is 4.99. The van der Waals surface area contributed by atoms with E-state index >= 15 is 0 Å². The quantitative estimate of drug-likeness (QED) is 0.336. The largest absolute Gasteiger partial charge is 0.497 e. The van der Waals surface area contributed by atoms with Crippen molar-refractivity contribution in [3.63, 3.8) is 0 Å². The molecule has 0 bridgehead atoms. The lowest BCUT2D eigenvalue weighted by atomic mass is 10.2. The van der Waals surface area contributed by atoms with Gasteiger partial charge in [-0.1, -0.05) is 12.1 Å². The molecule has 2 aromatic carbocycles. The summed E-state index contributed by atoms with van der Waals surface area (Å²) < 4.78 is 15.9. The molecule has 30 heavy (non-hydrogen) atoms. The highest BCUT2D eigenvalue weighted by Gasteiger charge is 2.11. The fourth-order valence-electron chi connectivity index (χ4n) is 2.89. The molecule has 8 heteroatoms. The van der Waals surface area contributed by atoms with Crippen LogP contribution in [0.5, 0.6) is 17.2 Å². The molecule has 1 N–H and O–H groups in total. The van der Waals surface area contributed by atoms with Crippen LogP contribution in [0.25, 0.3) is 10.9 Å². The van der Waals surface area contributed by atoms with Gasteiger partial charge in [-0.3, -0.25) is 4.79 Å². The van der Waals surface area contributed by atoms with Gasteiger partial charge in [-0.15, -0.1) is 11.8 Å². The van der Waals surface area contributed by atoms with Crippen LogP contribution in [0.2, 0.25) is 0 Å². The third kappa shape index (κ3) is 5.01. The molecule has 0 atom stereocenters. The van der Waals surface area contributed by atoms with Crippen molar-refractivity contribution < 1.29 is 19.0 Å². The minimum atomic E-state index is -0.219. The van der Waals surface area contributed by atoms with E-state index < -0.39 is 0 Å². The Bertz CT molecular complexity index is 1090. The first-order chi connectivity index (χ1) is 14.5. The van der Waals surface area contributed by atoms with Gasteiger partial charge in [0.25, 0.3) is 0 Å². The normalized spacial score (nSPS) is 10.9. The summed E-state index contributed by atoms with van der Waals surface area (Å²) in [5.41, 5.74) is 4.89. The van der Waals surface area contributed by atoms with E-state index in [4.69, 9.17) is 14.2 Å². The summed E-state index contributed by atoms with van der Waals surface area (Å²) in [6, 6.07) is 13.1. The van der Waals surface area contributed by atoms with Gasteiger partial charge >= 0.3 is 0 Å². The van der Waals surface area contributed by atoms with E-state index in [2.05, 4.69) is 15.5 Å². The number of thioether (sulfide) groups is 1. The van der Waals surface area contributed by atoms with E-state index in [0.29, 0.717) is 22.8 Å². The van der Waals surface area contributed by atoms with Crippen molar-refractivity contribution in [3.8, 4) is 17.2 Å². The lowest BCUT2D eigenvalue weighted by Gasteiger charge is -2.10. The summed E-state index contributed by atoms with van der Waals surface area (Å²) in [4.78, 5) is 17.8. The van der Waals surface area contributed by atoms with Crippen LogP contribution in [0.4, 0.5) is 0 Å². The third-order valence-electron chi connectivity index (χ3n) is 4.30. The maximum absolute atomic E-state index is 12.3. The molecule has 0 spiro atoms. The smallest absolute Gasteiger partial charge is 0.250 e. The van der Waals surface area contributed by atoms with Gasteiger partial charge < -0.3 is 14.2 Å². The van der Waals surface area contributed by atoms with E-state index in [9.17, 15) is 4.79 Å². The van der Waals surface area contributed by atoms with E-state index in [1.165, 1.54) is 18.0 Å². The van der Waals surface area contributed by atoms with Gasteiger partial charge in [-0.25, -0.2) is 10.4 Å². The summed E-state index contributed by atoms with van der Waals surface area (Å²) in [7, 11) is 4.78. The van der Waals surface area contributed by atoms with Crippen LogP contribution in [0.1, 0.15) is 11.3 Å². The second kappa shape index (κ2) is 9.98. The van der Waals surface area contributed by atoms with Crippen LogP contribution in [-0.4, -0.2) is 44.2 Å². The Morgan fingerprint density at radius 1 is 1.10 bits per heavy atom. The summed E-state index contributed by atoms with van der Waals surface area (Å²) in [5.74, 6) is 2.01. The predicted octanol–water partition coefficient (Wildman–Crippen LogP) is 3.81. The van der Waals surface area contributed by atoms with Crippen LogP contribution in [0, 0.1) is 6.92 Å². The number of para-hydroxylation sites is 1. The fraction of sp³-hybridized carbons (Fsp3) is 0.227. The van der Waals surface area contributed by atoms with Gasteiger partial charge in [0.2, 0.25) is 5.91 Å². The van der Waals surface area contributed by atoms with Crippen molar-refractivity contribution in [3.05, 3.63) is 53.7 Å². The number of nitrogens with one attached hydrogen (secondary N) is 1. The van der Waals surface area contributed by atoms with Gasteiger partial charge in [0.05, 0.1) is 33.3 Å². The number of pyridine rings is 1. The van der Waals surface area contributed by atoms with Crippen molar-refractivity contribution in [1.82, 2.24) is 10.4 Å². The molecule has 3 rings (SSSR count). The molecule has 1 amide bonds. The Balaban J connectivity index is 1.68. The van der Waals surface area contributed by atoms with Gasteiger partial charge in [0.1, 0.15) is 22.8 Å². The molecule has 0 aliphatic rings. The molecule has 1 heterocycles. The Morgan fingerprint density at radius 2 is 1.90 bits per heavy atom. The first-order valence-corrected chi connectivity index (χ1v) is 10.2. The number of ether oxygens (including phenoxy) is 3. The van der Waals surface area contributed by atoms with Crippen molar-refractivity contribution in [1.29, 1.82) is 0 Å². The van der Waals surface area contributed by atoms with Crippen LogP contribution < -0.4 is 19.6 Å². The second-order valence-electron chi connectivity index (χ2n) is 6.31. The fourth-order valence-corrected chi connectivity index (χ4v) is 3.81. The number of hydrogen-bond acceptors (Lipinski definition) is 7. The molecule has 0 saturated heterocycles. The predicted molar refractivity (Wildman–Crippen MR) is 119 cm³/mol. The number of rotatable bonds is 8. The average molecular weight is 426 g/mol. The maximum atomic E-state index is 12.3.